The Hall–Kier alpha value is -0.0400. The molecule has 15 heavy (non-hydrogen) atoms. The van der Waals surface area contributed by atoms with Crippen molar-refractivity contribution in [3.63, 3.8) is 0 Å². The zero-order valence-electron chi connectivity index (χ0n) is 9.88. The molecule has 3 atom stereocenters. The summed E-state index contributed by atoms with van der Waals surface area (Å²) in [5.74, 6) is 2.08. The van der Waals surface area contributed by atoms with Gasteiger partial charge in [-0.2, -0.15) is 0 Å². The molecule has 0 aromatic carbocycles. The zero-order chi connectivity index (χ0) is 10.1. The topological polar surface area (TPSA) is 12.0 Å². The molecule has 1 N–H and O–H groups in total. The van der Waals surface area contributed by atoms with E-state index in [4.69, 9.17) is 0 Å². The summed E-state index contributed by atoms with van der Waals surface area (Å²) in [5.41, 5.74) is 0. The van der Waals surface area contributed by atoms with Crippen molar-refractivity contribution < 1.29 is 0 Å². The number of nitrogens with one attached hydrogen (secondary N) is 1. The summed E-state index contributed by atoms with van der Waals surface area (Å²) in [6.07, 6.45) is 15.0. The summed E-state index contributed by atoms with van der Waals surface area (Å²) in [6, 6.07) is 1.81. The Morgan fingerprint density at radius 2 is 1.27 bits per heavy atom. The molecule has 1 heterocycles. The van der Waals surface area contributed by atoms with E-state index in [1.165, 1.54) is 64.2 Å². The van der Waals surface area contributed by atoms with Crippen LogP contribution in [0.15, 0.2) is 0 Å². The van der Waals surface area contributed by atoms with Gasteiger partial charge in [0.2, 0.25) is 0 Å². The number of hydrogen-bond donors (Lipinski definition) is 1. The quantitative estimate of drug-likeness (QED) is 0.694. The van der Waals surface area contributed by atoms with Gasteiger partial charge >= 0.3 is 0 Å². The van der Waals surface area contributed by atoms with Gasteiger partial charge in [0.05, 0.1) is 0 Å². The third kappa shape index (κ3) is 2.08. The smallest absolute Gasteiger partial charge is 0.0101 e. The summed E-state index contributed by atoms with van der Waals surface area (Å²) in [6.45, 7) is 0. The van der Waals surface area contributed by atoms with E-state index in [1.807, 2.05) is 0 Å². The minimum absolute atomic E-state index is 0.901. The minimum Gasteiger partial charge on any atom is -0.311 e. The van der Waals surface area contributed by atoms with Crippen molar-refractivity contribution in [2.45, 2.75) is 76.3 Å². The second-order valence-electron chi connectivity index (χ2n) is 6.06. The molecule has 86 valence electrons. The second kappa shape index (κ2) is 4.45. The van der Waals surface area contributed by atoms with Gasteiger partial charge in [-0.15, -0.1) is 0 Å². The number of hydrogen-bond acceptors (Lipinski definition) is 1. The highest BCUT2D eigenvalue weighted by Crippen LogP contribution is 2.38. The van der Waals surface area contributed by atoms with E-state index in [-0.39, 0.29) is 0 Å². The van der Waals surface area contributed by atoms with Crippen molar-refractivity contribution in [3.05, 3.63) is 0 Å². The fourth-order valence-electron chi connectivity index (χ4n) is 4.24. The molecular weight excluding hydrogens is 182 g/mol. The fourth-order valence-corrected chi connectivity index (χ4v) is 4.24. The Balaban J connectivity index is 1.59. The molecule has 0 aromatic rings. The van der Waals surface area contributed by atoms with Crippen molar-refractivity contribution in [1.82, 2.24) is 5.32 Å². The monoisotopic (exact) mass is 207 g/mol. The second-order valence-corrected chi connectivity index (χ2v) is 6.06. The van der Waals surface area contributed by atoms with Crippen LogP contribution in [-0.4, -0.2) is 12.1 Å². The van der Waals surface area contributed by atoms with Crippen LogP contribution in [0.3, 0.4) is 0 Å². The maximum Gasteiger partial charge on any atom is 0.0101 e. The van der Waals surface area contributed by atoms with Crippen molar-refractivity contribution in [1.29, 1.82) is 0 Å². The van der Waals surface area contributed by atoms with E-state index in [1.54, 1.807) is 0 Å². The summed E-state index contributed by atoms with van der Waals surface area (Å²) in [7, 11) is 0. The molecule has 1 aliphatic heterocycles. The molecule has 0 aromatic heterocycles. The SMILES string of the molecule is C1CCC(C2C[C@@H]3CCCC[C@@H]3N2)CC1. The van der Waals surface area contributed by atoms with E-state index in [2.05, 4.69) is 5.32 Å². The molecule has 3 aliphatic rings. The largest absolute Gasteiger partial charge is 0.311 e. The first-order valence-electron chi connectivity index (χ1n) is 7.19. The lowest BCUT2D eigenvalue weighted by atomic mass is 9.80. The van der Waals surface area contributed by atoms with E-state index in [0.29, 0.717) is 0 Å². The van der Waals surface area contributed by atoms with Crippen LogP contribution < -0.4 is 5.32 Å². The van der Waals surface area contributed by atoms with Gasteiger partial charge in [0.25, 0.3) is 0 Å². The molecule has 0 amide bonds. The predicted octanol–water partition coefficient (Wildman–Crippen LogP) is 3.49. The van der Waals surface area contributed by atoms with Crippen LogP contribution in [0.25, 0.3) is 0 Å². The first-order chi connectivity index (χ1) is 7.43. The first kappa shape index (κ1) is 10.1. The van der Waals surface area contributed by atoms with Crippen molar-refractivity contribution in [2.75, 3.05) is 0 Å². The molecule has 2 saturated carbocycles. The maximum absolute atomic E-state index is 3.96. The number of fused-ring (bicyclic) bond motifs is 1. The predicted molar refractivity (Wildman–Crippen MR) is 63.9 cm³/mol. The lowest BCUT2D eigenvalue weighted by molar-refractivity contribution is 0.280. The van der Waals surface area contributed by atoms with E-state index >= 15 is 0 Å². The highest BCUT2D eigenvalue weighted by atomic mass is 15.0. The Bertz CT molecular complexity index is 193. The van der Waals surface area contributed by atoms with Crippen LogP contribution in [0.1, 0.15) is 64.2 Å². The Kier molecular flexibility index (Phi) is 3.01. The van der Waals surface area contributed by atoms with Crippen molar-refractivity contribution >= 4 is 0 Å². The van der Waals surface area contributed by atoms with Crippen LogP contribution in [0.5, 0.6) is 0 Å². The van der Waals surface area contributed by atoms with Gasteiger partial charge in [-0.3, -0.25) is 0 Å². The summed E-state index contributed by atoms with van der Waals surface area (Å²) in [4.78, 5) is 0. The van der Waals surface area contributed by atoms with Gasteiger partial charge in [0.15, 0.2) is 0 Å². The van der Waals surface area contributed by atoms with Crippen LogP contribution >= 0.6 is 0 Å². The summed E-state index contributed by atoms with van der Waals surface area (Å²) < 4.78 is 0. The normalized spacial score (nSPS) is 42.8. The minimum atomic E-state index is 0.901. The first-order valence-corrected chi connectivity index (χ1v) is 7.19. The number of rotatable bonds is 1. The van der Waals surface area contributed by atoms with Crippen LogP contribution in [0.2, 0.25) is 0 Å². The molecule has 1 heteroatoms. The van der Waals surface area contributed by atoms with Gasteiger partial charge in [-0.1, -0.05) is 32.1 Å². The lowest BCUT2D eigenvalue weighted by Crippen LogP contribution is -2.37. The molecule has 1 saturated heterocycles. The molecule has 0 spiro atoms. The van der Waals surface area contributed by atoms with Crippen LogP contribution in [0, 0.1) is 11.8 Å². The van der Waals surface area contributed by atoms with Crippen LogP contribution in [0.4, 0.5) is 0 Å². The third-order valence-corrected chi connectivity index (χ3v) is 5.11. The lowest BCUT2D eigenvalue weighted by Gasteiger charge is -2.28. The zero-order valence-corrected chi connectivity index (χ0v) is 9.88. The van der Waals surface area contributed by atoms with Gasteiger partial charge in [-0.25, -0.2) is 0 Å². The van der Waals surface area contributed by atoms with Crippen molar-refractivity contribution in [3.8, 4) is 0 Å². The Morgan fingerprint density at radius 3 is 2.07 bits per heavy atom. The molecule has 1 nitrogen and oxygen atoms in total. The highest BCUT2D eigenvalue weighted by Gasteiger charge is 2.38. The van der Waals surface area contributed by atoms with Gasteiger partial charge in [0.1, 0.15) is 0 Å². The average molecular weight is 207 g/mol. The van der Waals surface area contributed by atoms with E-state index in [9.17, 15) is 0 Å². The summed E-state index contributed by atoms with van der Waals surface area (Å²) >= 11 is 0. The molecule has 3 fully saturated rings. The van der Waals surface area contributed by atoms with Gasteiger partial charge < -0.3 is 5.32 Å². The molecule has 0 radical (unpaired) electrons. The maximum atomic E-state index is 3.96. The highest BCUT2D eigenvalue weighted by molar-refractivity contribution is 4.95. The Morgan fingerprint density at radius 1 is 0.600 bits per heavy atom. The molecule has 2 aliphatic carbocycles. The molecule has 1 unspecified atom stereocenters. The summed E-state index contributed by atoms with van der Waals surface area (Å²) in [5, 5.41) is 3.96. The molecule has 0 bridgehead atoms. The average Bonchev–Trinajstić information content (AvgIpc) is 2.74. The molecule has 3 rings (SSSR count). The van der Waals surface area contributed by atoms with Gasteiger partial charge in [-0.05, 0) is 43.9 Å². The van der Waals surface area contributed by atoms with Crippen molar-refractivity contribution in [2.24, 2.45) is 11.8 Å². The van der Waals surface area contributed by atoms with E-state index < -0.39 is 0 Å². The Labute approximate surface area is 94.0 Å². The third-order valence-electron chi connectivity index (χ3n) is 5.11. The fraction of sp³-hybridized carbons (Fsp3) is 1.00. The molecular formula is C14H25N. The van der Waals surface area contributed by atoms with Gasteiger partial charge in [0, 0.05) is 12.1 Å². The van der Waals surface area contributed by atoms with E-state index in [0.717, 1.165) is 23.9 Å². The standard InChI is InChI=1S/C14H25N/c1-2-6-11(7-3-1)14-10-12-8-4-5-9-13(12)15-14/h11-15H,1-10H2/t12-,13-,14?/m0/s1. The van der Waals surface area contributed by atoms with Crippen LogP contribution in [-0.2, 0) is 0 Å².